The second-order valence-corrected chi connectivity index (χ2v) is 3.61. The summed E-state index contributed by atoms with van der Waals surface area (Å²) in [5, 5.41) is 0.829. The van der Waals surface area contributed by atoms with Crippen molar-refractivity contribution < 1.29 is 9.53 Å². The first-order valence-electron chi connectivity index (χ1n) is 4.29. The molecular weight excluding hydrogens is 223 g/mol. The lowest BCUT2D eigenvalue weighted by atomic mass is 10.3. The summed E-state index contributed by atoms with van der Waals surface area (Å²) in [5.41, 5.74) is 0. The van der Waals surface area contributed by atoms with Crippen molar-refractivity contribution in [3.05, 3.63) is 28.2 Å². The predicted octanol–water partition coefficient (Wildman–Crippen LogP) is 3.70. The van der Waals surface area contributed by atoms with Gasteiger partial charge >= 0.3 is 5.97 Å². The summed E-state index contributed by atoms with van der Waals surface area (Å²) in [7, 11) is 0. The van der Waals surface area contributed by atoms with E-state index in [1.807, 2.05) is 6.92 Å². The van der Waals surface area contributed by atoms with Crippen LogP contribution in [0.25, 0.3) is 0 Å². The van der Waals surface area contributed by atoms with E-state index in [-0.39, 0.29) is 5.97 Å². The predicted molar refractivity (Wildman–Crippen MR) is 57.0 cm³/mol. The highest BCUT2D eigenvalue weighted by atomic mass is 35.5. The number of rotatable bonds is 3. The highest BCUT2D eigenvalue weighted by Gasteiger charge is 2.05. The van der Waals surface area contributed by atoms with Crippen LogP contribution in [0.15, 0.2) is 18.2 Å². The number of halogens is 2. The Balaban J connectivity index is 2.68. The Morgan fingerprint density at radius 3 is 2.64 bits per heavy atom. The standard InChI is InChI=1S/C10H10Cl2O2/c1-2-3-10(13)14-7-4-5-8(11)9(12)6-7/h4-6H,2-3H2,1H3. The number of carbonyl (C=O) groups is 1. The van der Waals surface area contributed by atoms with Crippen molar-refractivity contribution >= 4 is 29.2 Å². The highest BCUT2D eigenvalue weighted by Crippen LogP contribution is 2.26. The molecule has 0 fully saturated rings. The SMILES string of the molecule is CCCC(=O)Oc1ccc(Cl)c(Cl)c1. The van der Waals surface area contributed by atoms with Crippen molar-refractivity contribution in [2.75, 3.05) is 0 Å². The van der Waals surface area contributed by atoms with Gasteiger partial charge in [0, 0.05) is 12.5 Å². The minimum absolute atomic E-state index is 0.258. The Labute approximate surface area is 92.8 Å². The second kappa shape index (κ2) is 5.23. The van der Waals surface area contributed by atoms with E-state index in [1.165, 1.54) is 6.07 Å². The molecule has 1 aromatic rings. The van der Waals surface area contributed by atoms with E-state index in [0.717, 1.165) is 6.42 Å². The van der Waals surface area contributed by atoms with Crippen LogP contribution in [0.2, 0.25) is 10.0 Å². The number of ether oxygens (including phenoxy) is 1. The normalized spacial score (nSPS) is 9.93. The third kappa shape index (κ3) is 3.20. The molecule has 0 N–H and O–H groups in total. The Hall–Kier alpha value is -0.730. The molecule has 0 aliphatic rings. The molecule has 0 amide bonds. The van der Waals surface area contributed by atoms with Gasteiger partial charge in [0.2, 0.25) is 0 Å². The van der Waals surface area contributed by atoms with Gasteiger partial charge in [-0.2, -0.15) is 0 Å². The molecule has 14 heavy (non-hydrogen) atoms. The zero-order chi connectivity index (χ0) is 10.6. The molecule has 0 saturated heterocycles. The maximum absolute atomic E-state index is 11.1. The fourth-order valence-corrected chi connectivity index (χ4v) is 1.22. The summed E-state index contributed by atoms with van der Waals surface area (Å²) < 4.78 is 5.01. The Morgan fingerprint density at radius 1 is 1.36 bits per heavy atom. The quantitative estimate of drug-likeness (QED) is 0.587. The van der Waals surface area contributed by atoms with Crippen LogP contribution in [-0.4, -0.2) is 5.97 Å². The van der Waals surface area contributed by atoms with E-state index >= 15 is 0 Å². The monoisotopic (exact) mass is 232 g/mol. The van der Waals surface area contributed by atoms with Crippen LogP contribution < -0.4 is 4.74 Å². The average Bonchev–Trinajstić information content (AvgIpc) is 2.12. The van der Waals surface area contributed by atoms with Crippen LogP contribution >= 0.6 is 23.2 Å². The first kappa shape index (κ1) is 11.3. The lowest BCUT2D eigenvalue weighted by molar-refractivity contribution is -0.134. The lowest BCUT2D eigenvalue weighted by Gasteiger charge is -2.03. The molecule has 4 heteroatoms. The van der Waals surface area contributed by atoms with Crippen molar-refractivity contribution in [1.82, 2.24) is 0 Å². The van der Waals surface area contributed by atoms with Gasteiger partial charge in [-0.25, -0.2) is 0 Å². The Morgan fingerprint density at radius 2 is 2.07 bits per heavy atom. The van der Waals surface area contributed by atoms with E-state index in [9.17, 15) is 4.79 Å². The second-order valence-electron chi connectivity index (χ2n) is 2.80. The largest absolute Gasteiger partial charge is 0.426 e. The zero-order valence-corrected chi connectivity index (χ0v) is 9.23. The summed E-state index contributed by atoms with van der Waals surface area (Å²) >= 11 is 11.5. The maximum atomic E-state index is 11.1. The molecule has 0 radical (unpaired) electrons. The highest BCUT2D eigenvalue weighted by molar-refractivity contribution is 6.42. The van der Waals surface area contributed by atoms with Gasteiger partial charge in [-0.15, -0.1) is 0 Å². The molecule has 0 aliphatic carbocycles. The molecular formula is C10H10Cl2O2. The third-order valence-electron chi connectivity index (χ3n) is 1.58. The minimum atomic E-state index is -0.258. The number of esters is 1. The van der Waals surface area contributed by atoms with E-state index in [2.05, 4.69) is 0 Å². The van der Waals surface area contributed by atoms with Crippen molar-refractivity contribution in [2.24, 2.45) is 0 Å². The molecule has 1 rings (SSSR count). The molecule has 0 atom stereocenters. The molecule has 0 aliphatic heterocycles. The smallest absolute Gasteiger partial charge is 0.311 e. The Kier molecular flexibility index (Phi) is 4.23. The topological polar surface area (TPSA) is 26.3 Å². The molecule has 0 aromatic heterocycles. The fraction of sp³-hybridized carbons (Fsp3) is 0.300. The van der Waals surface area contributed by atoms with Gasteiger partial charge in [0.15, 0.2) is 0 Å². The molecule has 0 bridgehead atoms. The van der Waals surface area contributed by atoms with Crippen LogP contribution in [0, 0.1) is 0 Å². The molecule has 2 nitrogen and oxygen atoms in total. The first-order valence-corrected chi connectivity index (χ1v) is 5.04. The molecule has 0 saturated carbocycles. The fourth-order valence-electron chi connectivity index (χ4n) is 0.927. The first-order chi connectivity index (χ1) is 6.63. The van der Waals surface area contributed by atoms with E-state index < -0.39 is 0 Å². The van der Waals surface area contributed by atoms with Gasteiger partial charge in [0.25, 0.3) is 0 Å². The summed E-state index contributed by atoms with van der Waals surface area (Å²) in [5.74, 6) is 0.170. The lowest BCUT2D eigenvalue weighted by Crippen LogP contribution is -2.06. The summed E-state index contributed by atoms with van der Waals surface area (Å²) in [6.07, 6.45) is 1.17. The maximum Gasteiger partial charge on any atom is 0.311 e. The van der Waals surface area contributed by atoms with Crippen molar-refractivity contribution in [2.45, 2.75) is 19.8 Å². The molecule has 0 heterocycles. The van der Waals surface area contributed by atoms with Crippen LogP contribution in [0.4, 0.5) is 0 Å². The number of carbonyl (C=O) groups excluding carboxylic acids is 1. The van der Waals surface area contributed by atoms with Crippen LogP contribution in [-0.2, 0) is 4.79 Å². The summed E-state index contributed by atoms with van der Waals surface area (Å²) in [6, 6.07) is 4.73. The van der Waals surface area contributed by atoms with Gasteiger partial charge in [-0.3, -0.25) is 4.79 Å². The number of hydrogen-bond acceptors (Lipinski definition) is 2. The summed E-state index contributed by atoms with van der Waals surface area (Å²) in [6.45, 7) is 1.91. The van der Waals surface area contributed by atoms with E-state index in [0.29, 0.717) is 22.2 Å². The summed E-state index contributed by atoms with van der Waals surface area (Å²) in [4.78, 5) is 11.1. The zero-order valence-electron chi connectivity index (χ0n) is 7.72. The van der Waals surface area contributed by atoms with Gasteiger partial charge in [-0.05, 0) is 18.6 Å². The van der Waals surface area contributed by atoms with E-state index in [1.54, 1.807) is 12.1 Å². The average molecular weight is 233 g/mol. The van der Waals surface area contributed by atoms with Crippen molar-refractivity contribution in [1.29, 1.82) is 0 Å². The Bertz CT molecular complexity index is 337. The minimum Gasteiger partial charge on any atom is -0.426 e. The third-order valence-corrected chi connectivity index (χ3v) is 2.32. The van der Waals surface area contributed by atoms with Crippen LogP contribution in [0.3, 0.4) is 0 Å². The van der Waals surface area contributed by atoms with Gasteiger partial charge in [0.1, 0.15) is 5.75 Å². The molecule has 0 spiro atoms. The van der Waals surface area contributed by atoms with Crippen molar-refractivity contribution in [3.63, 3.8) is 0 Å². The van der Waals surface area contributed by atoms with Crippen molar-refractivity contribution in [3.8, 4) is 5.75 Å². The van der Waals surface area contributed by atoms with Gasteiger partial charge in [0.05, 0.1) is 10.0 Å². The number of benzene rings is 1. The van der Waals surface area contributed by atoms with Gasteiger partial charge in [-0.1, -0.05) is 30.1 Å². The van der Waals surface area contributed by atoms with Crippen LogP contribution in [0.1, 0.15) is 19.8 Å². The molecule has 0 unspecified atom stereocenters. The van der Waals surface area contributed by atoms with Gasteiger partial charge < -0.3 is 4.74 Å². The molecule has 76 valence electrons. The molecule has 1 aromatic carbocycles. The number of hydrogen-bond donors (Lipinski definition) is 0. The van der Waals surface area contributed by atoms with Crippen LogP contribution in [0.5, 0.6) is 5.75 Å². The van der Waals surface area contributed by atoms with E-state index in [4.69, 9.17) is 27.9 Å².